The molecule has 0 aromatic heterocycles. The minimum absolute atomic E-state index is 0.105. The molecule has 1 aromatic carbocycles. The second-order valence-corrected chi connectivity index (χ2v) is 9.22. The summed E-state index contributed by atoms with van der Waals surface area (Å²) in [4.78, 5) is 16.1. The molecular weight excluding hydrogens is 380 g/mol. The zero-order chi connectivity index (χ0) is 17.0. The van der Waals surface area contributed by atoms with Gasteiger partial charge in [0.25, 0.3) is 0 Å². The predicted molar refractivity (Wildman–Crippen MR) is 94.9 cm³/mol. The topological polar surface area (TPSA) is 57.7 Å². The first-order valence-corrected chi connectivity index (χ1v) is 10.3. The van der Waals surface area contributed by atoms with Gasteiger partial charge in [-0.2, -0.15) is 0 Å². The normalized spacial score (nSPS) is 16.8. The van der Waals surface area contributed by atoms with E-state index in [9.17, 15) is 13.2 Å². The fourth-order valence-corrected chi connectivity index (χ4v) is 4.64. The monoisotopic (exact) mass is 402 g/mol. The molecule has 0 unspecified atom stereocenters. The van der Waals surface area contributed by atoms with Crippen LogP contribution in [0.25, 0.3) is 0 Å². The van der Waals surface area contributed by atoms with Gasteiger partial charge in [0.15, 0.2) is 9.84 Å². The highest BCUT2D eigenvalue weighted by molar-refractivity contribution is 9.10. The lowest BCUT2D eigenvalue weighted by Crippen LogP contribution is -2.46. The second-order valence-electron chi connectivity index (χ2n) is 6.24. The maximum Gasteiger partial charge on any atom is 0.237 e. The summed E-state index contributed by atoms with van der Waals surface area (Å²) in [6, 6.07) is 7.64. The van der Waals surface area contributed by atoms with Crippen molar-refractivity contribution in [3.63, 3.8) is 0 Å². The number of sulfone groups is 1. The molecule has 7 heteroatoms. The maximum atomic E-state index is 12.3. The largest absolute Gasteiger partial charge is 0.342 e. The third-order valence-electron chi connectivity index (χ3n) is 4.17. The van der Waals surface area contributed by atoms with E-state index >= 15 is 0 Å². The number of carbonyl (C=O) groups excluding carboxylic acids is 1. The van der Waals surface area contributed by atoms with Crippen LogP contribution >= 0.6 is 15.9 Å². The summed E-state index contributed by atoms with van der Waals surface area (Å²) in [7, 11) is 0.612. The lowest BCUT2D eigenvalue weighted by atomic mass is 10.0. The summed E-state index contributed by atoms with van der Waals surface area (Å²) in [6.07, 6.45) is 1.79. The molecule has 0 aliphatic carbocycles. The van der Waals surface area contributed by atoms with Gasteiger partial charge in [-0.25, -0.2) is 8.42 Å². The van der Waals surface area contributed by atoms with Crippen molar-refractivity contribution in [3.8, 4) is 0 Å². The van der Waals surface area contributed by atoms with Gasteiger partial charge in [-0.3, -0.25) is 4.79 Å². The van der Waals surface area contributed by atoms with Crippen LogP contribution in [0.2, 0.25) is 0 Å². The molecule has 5 nitrogen and oxygen atoms in total. The van der Waals surface area contributed by atoms with Crippen molar-refractivity contribution in [1.29, 1.82) is 0 Å². The Hall–Kier alpha value is -0.920. The van der Waals surface area contributed by atoms with Crippen molar-refractivity contribution in [2.75, 3.05) is 32.9 Å². The first kappa shape index (κ1) is 18.4. The molecule has 1 aliphatic rings. The number of piperidine rings is 1. The Morgan fingerprint density at radius 2 is 1.96 bits per heavy atom. The quantitative estimate of drug-likeness (QED) is 0.754. The fourth-order valence-electron chi connectivity index (χ4n) is 2.84. The van der Waals surface area contributed by atoms with Crippen molar-refractivity contribution < 1.29 is 13.2 Å². The summed E-state index contributed by atoms with van der Waals surface area (Å²) in [5, 5.41) is 0. The van der Waals surface area contributed by atoms with Crippen LogP contribution in [0.4, 0.5) is 0 Å². The molecule has 1 amide bonds. The highest BCUT2D eigenvalue weighted by Gasteiger charge is 2.27. The lowest BCUT2D eigenvalue weighted by molar-refractivity contribution is -0.129. The Morgan fingerprint density at radius 1 is 1.30 bits per heavy atom. The summed E-state index contributed by atoms with van der Waals surface area (Å²) in [5.74, 6) is -0.796. The number of hydrogen-bond acceptors (Lipinski definition) is 4. The molecule has 128 valence electrons. The molecule has 1 saturated heterocycles. The van der Waals surface area contributed by atoms with E-state index in [-0.39, 0.29) is 11.7 Å². The summed E-state index contributed by atoms with van der Waals surface area (Å²) in [5.41, 5.74) is 0.693. The van der Waals surface area contributed by atoms with Crippen LogP contribution in [0.15, 0.2) is 28.7 Å². The summed E-state index contributed by atoms with van der Waals surface area (Å²) < 4.78 is 25.4. The van der Waals surface area contributed by atoms with Gasteiger partial charge in [0.05, 0.1) is 5.75 Å². The highest BCUT2D eigenvalue weighted by atomic mass is 79.9. The van der Waals surface area contributed by atoms with Crippen LogP contribution in [0.5, 0.6) is 0 Å². The van der Waals surface area contributed by atoms with E-state index in [2.05, 4.69) is 20.8 Å². The Labute approximate surface area is 146 Å². The zero-order valence-electron chi connectivity index (χ0n) is 13.5. The van der Waals surface area contributed by atoms with Crippen molar-refractivity contribution in [2.24, 2.45) is 0 Å². The number of rotatable bonds is 5. The van der Waals surface area contributed by atoms with E-state index in [1.807, 2.05) is 20.2 Å². The number of amides is 1. The fraction of sp³-hybridized carbons (Fsp3) is 0.562. The number of hydrogen-bond donors (Lipinski definition) is 0. The molecule has 1 heterocycles. The molecule has 0 spiro atoms. The van der Waals surface area contributed by atoms with Gasteiger partial charge in [-0.15, -0.1) is 0 Å². The molecule has 1 fully saturated rings. The molecule has 0 radical (unpaired) electrons. The molecule has 2 rings (SSSR count). The van der Waals surface area contributed by atoms with Crippen molar-refractivity contribution >= 4 is 31.7 Å². The average molecular weight is 403 g/mol. The third kappa shape index (κ3) is 5.58. The van der Waals surface area contributed by atoms with E-state index in [1.165, 1.54) is 0 Å². The molecule has 0 bridgehead atoms. The van der Waals surface area contributed by atoms with E-state index < -0.39 is 15.6 Å². The second kappa shape index (κ2) is 7.77. The smallest absolute Gasteiger partial charge is 0.237 e. The minimum atomic E-state index is -3.45. The first-order valence-electron chi connectivity index (χ1n) is 7.66. The van der Waals surface area contributed by atoms with Gasteiger partial charge >= 0.3 is 0 Å². The van der Waals surface area contributed by atoms with Crippen LogP contribution in [-0.2, 0) is 20.4 Å². The number of halogens is 1. The summed E-state index contributed by atoms with van der Waals surface area (Å²) in [6.45, 7) is 1.27. The predicted octanol–water partition coefficient (Wildman–Crippen LogP) is 1.92. The molecule has 0 N–H and O–H groups in total. The van der Waals surface area contributed by atoms with Gasteiger partial charge in [0, 0.05) is 23.6 Å². The maximum absolute atomic E-state index is 12.3. The number of nitrogens with zero attached hydrogens (tertiary/aromatic N) is 2. The van der Waals surface area contributed by atoms with Crippen molar-refractivity contribution in [3.05, 3.63) is 34.3 Å². The van der Waals surface area contributed by atoms with Gasteiger partial charge < -0.3 is 9.80 Å². The molecular formula is C16H23BrN2O3S. The van der Waals surface area contributed by atoms with Crippen LogP contribution < -0.4 is 0 Å². The van der Waals surface area contributed by atoms with Crippen molar-refractivity contribution in [2.45, 2.75) is 24.6 Å². The van der Waals surface area contributed by atoms with Crippen LogP contribution in [-0.4, -0.2) is 63.1 Å². The third-order valence-corrected chi connectivity index (χ3v) is 6.12. The molecule has 1 aliphatic heterocycles. The van der Waals surface area contributed by atoms with Gasteiger partial charge in [0.1, 0.15) is 5.75 Å². The van der Waals surface area contributed by atoms with Crippen LogP contribution in [0.1, 0.15) is 18.4 Å². The van der Waals surface area contributed by atoms with E-state index in [0.717, 1.165) is 17.3 Å². The lowest BCUT2D eigenvalue weighted by Gasteiger charge is -2.35. The Kier molecular flexibility index (Phi) is 6.22. The molecule has 0 saturated carbocycles. The number of carbonyl (C=O) groups is 1. The highest BCUT2D eigenvalue weighted by Crippen LogP contribution is 2.17. The average Bonchev–Trinajstić information content (AvgIpc) is 2.46. The first-order chi connectivity index (χ1) is 10.8. The SMILES string of the molecule is CN(C)C1CCN(C(=O)CS(=O)(=O)Cc2cccc(Br)c2)CC1. The molecule has 1 aromatic rings. The van der Waals surface area contributed by atoms with Gasteiger partial charge in [-0.1, -0.05) is 28.1 Å². The Bertz CT molecular complexity index is 653. The standard InChI is InChI=1S/C16H23BrN2O3S/c1-18(2)15-6-8-19(9-7-15)16(20)12-23(21,22)11-13-4-3-5-14(17)10-13/h3-5,10,15H,6-9,11-12H2,1-2H3. The molecule has 0 atom stereocenters. The summed E-state index contributed by atoms with van der Waals surface area (Å²) >= 11 is 3.33. The van der Waals surface area contributed by atoms with E-state index in [1.54, 1.807) is 23.1 Å². The van der Waals surface area contributed by atoms with Crippen LogP contribution in [0.3, 0.4) is 0 Å². The Balaban J connectivity index is 1.91. The van der Waals surface area contributed by atoms with E-state index in [0.29, 0.717) is 24.7 Å². The van der Waals surface area contributed by atoms with Crippen molar-refractivity contribution in [1.82, 2.24) is 9.80 Å². The van der Waals surface area contributed by atoms with E-state index in [4.69, 9.17) is 0 Å². The minimum Gasteiger partial charge on any atom is -0.342 e. The van der Waals surface area contributed by atoms with Crippen LogP contribution in [0, 0.1) is 0 Å². The zero-order valence-corrected chi connectivity index (χ0v) is 15.9. The number of benzene rings is 1. The van der Waals surface area contributed by atoms with Gasteiger partial charge in [-0.05, 0) is 44.6 Å². The van der Waals surface area contributed by atoms with Gasteiger partial charge in [0.2, 0.25) is 5.91 Å². The Morgan fingerprint density at radius 3 is 2.52 bits per heavy atom. The molecule has 23 heavy (non-hydrogen) atoms. The number of likely N-dealkylation sites (tertiary alicyclic amines) is 1.